The highest BCUT2D eigenvalue weighted by Crippen LogP contribution is 2.16. The molecule has 0 saturated heterocycles. The zero-order valence-electron chi connectivity index (χ0n) is 9.77. The first-order chi connectivity index (χ1) is 8.74. The predicted molar refractivity (Wildman–Crippen MR) is 74.6 cm³/mol. The molecule has 0 radical (unpaired) electrons. The highest BCUT2D eigenvalue weighted by Gasteiger charge is 2.04. The van der Waals surface area contributed by atoms with E-state index in [0.717, 1.165) is 6.42 Å². The number of benzene rings is 1. The molecule has 4 heteroatoms. The number of hydrogen-bond acceptors (Lipinski definition) is 3. The zero-order valence-corrected chi connectivity index (χ0v) is 11.3. The number of carbonyl (C=O) groups excluding carboxylic acids is 1. The summed E-state index contributed by atoms with van der Waals surface area (Å²) in [7, 11) is 0. The van der Waals surface area contributed by atoms with Crippen LogP contribution in [-0.4, -0.2) is 12.4 Å². The number of Topliss-reactive ketones (excluding diaryl/α,β-unsaturated/α-hetero) is 1. The van der Waals surface area contributed by atoms with Crippen molar-refractivity contribution in [3.8, 4) is 5.75 Å². The first-order valence-corrected chi connectivity index (χ1v) is 6.92. The molecule has 0 N–H and O–H groups in total. The summed E-state index contributed by atoms with van der Waals surface area (Å²) in [5.74, 6) is 0.780. The zero-order chi connectivity index (χ0) is 12.8. The van der Waals surface area contributed by atoms with E-state index in [1.165, 1.54) is 4.88 Å². The Bertz CT molecular complexity index is 491. The largest absolute Gasteiger partial charge is 0.486 e. The minimum atomic E-state index is 0.110. The van der Waals surface area contributed by atoms with Crippen LogP contribution in [0, 0.1) is 0 Å². The fourth-order valence-corrected chi connectivity index (χ4v) is 2.32. The van der Waals surface area contributed by atoms with Gasteiger partial charge in [-0.15, -0.1) is 11.3 Å². The third-order valence-corrected chi connectivity index (χ3v) is 3.63. The lowest BCUT2D eigenvalue weighted by Crippen LogP contribution is -2.11. The van der Waals surface area contributed by atoms with Crippen LogP contribution in [0.15, 0.2) is 41.8 Å². The molecule has 1 heterocycles. The first-order valence-electron chi connectivity index (χ1n) is 5.66. The number of aryl methyl sites for hydroxylation is 1. The molecule has 2 rings (SSSR count). The number of ketones is 1. The molecule has 0 atom stereocenters. The Kier molecular flexibility index (Phi) is 4.79. The Morgan fingerprint density at radius 3 is 2.67 bits per heavy atom. The molecule has 0 aliphatic carbocycles. The van der Waals surface area contributed by atoms with Crippen molar-refractivity contribution in [2.45, 2.75) is 12.8 Å². The summed E-state index contributed by atoms with van der Waals surface area (Å²) in [5, 5.41) is 2.68. The van der Waals surface area contributed by atoms with E-state index < -0.39 is 0 Å². The molecular weight excluding hydrogens is 268 g/mol. The van der Waals surface area contributed by atoms with Gasteiger partial charge in [0, 0.05) is 16.3 Å². The number of hydrogen-bond donors (Lipinski definition) is 0. The molecule has 0 spiro atoms. The Hall–Kier alpha value is -1.32. The Morgan fingerprint density at radius 1 is 1.22 bits per heavy atom. The third-order valence-electron chi connectivity index (χ3n) is 2.44. The quantitative estimate of drug-likeness (QED) is 0.800. The van der Waals surface area contributed by atoms with Crippen molar-refractivity contribution in [2.24, 2.45) is 0 Å². The Morgan fingerprint density at radius 2 is 2.00 bits per heavy atom. The monoisotopic (exact) mass is 280 g/mol. The summed E-state index contributed by atoms with van der Waals surface area (Å²) in [6.45, 7) is 0.118. The normalized spacial score (nSPS) is 10.3. The van der Waals surface area contributed by atoms with Gasteiger partial charge < -0.3 is 4.74 Å². The lowest BCUT2D eigenvalue weighted by molar-refractivity contribution is -0.121. The molecule has 0 unspecified atom stereocenters. The molecule has 1 aromatic heterocycles. The lowest BCUT2D eigenvalue weighted by atomic mass is 10.2. The van der Waals surface area contributed by atoms with Crippen LogP contribution in [0.5, 0.6) is 5.75 Å². The molecule has 0 aliphatic rings. The van der Waals surface area contributed by atoms with Crippen molar-refractivity contribution in [3.05, 3.63) is 51.7 Å². The minimum absolute atomic E-state index is 0.110. The SMILES string of the molecule is O=C(CCc1cccs1)COc1ccc(Cl)cc1. The number of halogens is 1. The molecule has 0 aliphatic heterocycles. The molecule has 1 aromatic carbocycles. The first kappa shape index (κ1) is 13.1. The molecule has 2 nitrogen and oxygen atoms in total. The molecule has 18 heavy (non-hydrogen) atoms. The molecule has 0 fully saturated rings. The van der Waals surface area contributed by atoms with Crippen LogP contribution in [0.1, 0.15) is 11.3 Å². The second-order valence-electron chi connectivity index (χ2n) is 3.86. The second kappa shape index (κ2) is 6.57. The molecule has 94 valence electrons. The highest BCUT2D eigenvalue weighted by atomic mass is 35.5. The summed E-state index contributed by atoms with van der Waals surface area (Å²) < 4.78 is 5.39. The van der Waals surface area contributed by atoms with Gasteiger partial charge in [-0.2, -0.15) is 0 Å². The number of thiophene rings is 1. The fraction of sp³-hybridized carbons (Fsp3) is 0.214. The van der Waals surface area contributed by atoms with E-state index >= 15 is 0 Å². The van der Waals surface area contributed by atoms with Crippen molar-refractivity contribution < 1.29 is 9.53 Å². The van der Waals surface area contributed by atoms with Gasteiger partial charge in [0.25, 0.3) is 0 Å². The number of ether oxygens (including phenoxy) is 1. The van der Waals surface area contributed by atoms with Crippen LogP contribution < -0.4 is 4.74 Å². The van der Waals surface area contributed by atoms with Gasteiger partial charge in [0.2, 0.25) is 0 Å². The van der Waals surface area contributed by atoms with E-state index in [-0.39, 0.29) is 12.4 Å². The van der Waals surface area contributed by atoms with E-state index in [2.05, 4.69) is 0 Å². The van der Waals surface area contributed by atoms with E-state index in [4.69, 9.17) is 16.3 Å². The average Bonchev–Trinajstić information content (AvgIpc) is 2.89. The van der Waals surface area contributed by atoms with Gasteiger partial charge in [-0.25, -0.2) is 0 Å². The maximum Gasteiger partial charge on any atom is 0.170 e. The van der Waals surface area contributed by atoms with Crippen molar-refractivity contribution >= 4 is 28.7 Å². The van der Waals surface area contributed by atoms with Crippen LogP contribution >= 0.6 is 22.9 Å². The topological polar surface area (TPSA) is 26.3 Å². The summed E-state index contributed by atoms with van der Waals surface area (Å²) in [5.41, 5.74) is 0. The minimum Gasteiger partial charge on any atom is -0.486 e. The molecule has 2 aromatic rings. The van der Waals surface area contributed by atoms with E-state index in [0.29, 0.717) is 17.2 Å². The standard InChI is InChI=1S/C14H13ClO2S/c15-11-3-6-13(7-4-11)17-10-12(16)5-8-14-2-1-9-18-14/h1-4,6-7,9H,5,8,10H2. The maximum absolute atomic E-state index is 11.6. The van der Waals surface area contributed by atoms with Gasteiger partial charge in [-0.1, -0.05) is 17.7 Å². The van der Waals surface area contributed by atoms with Gasteiger partial charge in [0.05, 0.1) is 0 Å². The van der Waals surface area contributed by atoms with Crippen LogP contribution in [0.3, 0.4) is 0 Å². The third kappa shape index (κ3) is 4.17. The molecule has 0 saturated carbocycles. The predicted octanol–water partition coefficient (Wildman–Crippen LogP) is 3.98. The summed E-state index contributed by atoms with van der Waals surface area (Å²) in [6.07, 6.45) is 1.31. The van der Waals surface area contributed by atoms with Gasteiger partial charge in [-0.3, -0.25) is 4.79 Å². The second-order valence-corrected chi connectivity index (χ2v) is 5.33. The lowest BCUT2D eigenvalue weighted by Gasteiger charge is -2.05. The Labute approximate surface area is 115 Å². The smallest absolute Gasteiger partial charge is 0.170 e. The van der Waals surface area contributed by atoms with Crippen molar-refractivity contribution in [1.29, 1.82) is 0 Å². The summed E-state index contributed by atoms with van der Waals surface area (Å²) in [6, 6.07) is 11.0. The summed E-state index contributed by atoms with van der Waals surface area (Å²) >= 11 is 7.43. The van der Waals surface area contributed by atoms with Gasteiger partial charge >= 0.3 is 0 Å². The van der Waals surface area contributed by atoms with Crippen LogP contribution in [-0.2, 0) is 11.2 Å². The fourth-order valence-electron chi connectivity index (χ4n) is 1.48. The number of carbonyl (C=O) groups is 1. The van der Waals surface area contributed by atoms with Gasteiger partial charge in [-0.05, 0) is 42.1 Å². The average molecular weight is 281 g/mol. The van der Waals surface area contributed by atoms with E-state index in [1.807, 2.05) is 17.5 Å². The van der Waals surface area contributed by atoms with Crippen LogP contribution in [0.25, 0.3) is 0 Å². The van der Waals surface area contributed by atoms with Gasteiger partial charge in [0.15, 0.2) is 5.78 Å². The van der Waals surface area contributed by atoms with Crippen LogP contribution in [0.2, 0.25) is 5.02 Å². The summed E-state index contributed by atoms with van der Waals surface area (Å²) in [4.78, 5) is 12.9. The molecule has 0 bridgehead atoms. The molecule has 0 amide bonds. The number of rotatable bonds is 6. The van der Waals surface area contributed by atoms with Crippen LogP contribution in [0.4, 0.5) is 0 Å². The van der Waals surface area contributed by atoms with E-state index in [1.54, 1.807) is 35.6 Å². The molecular formula is C14H13ClO2S. The highest BCUT2D eigenvalue weighted by molar-refractivity contribution is 7.09. The van der Waals surface area contributed by atoms with E-state index in [9.17, 15) is 4.79 Å². The maximum atomic E-state index is 11.6. The van der Waals surface area contributed by atoms with Crippen molar-refractivity contribution in [2.75, 3.05) is 6.61 Å². The van der Waals surface area contributed by atoms with Gasteiger partial charge in [0.1, 0.15) is 12.4 Å². The Balaban J connectivity index is 1.73. The van der Waals surface area contributed by atoms with Crippen molar-refractivity contribution in [3.63, 3.8) is 0 Å². The van der Waals surface area contributed by atoms with Crippen molar-refractivity contribution in [1.82, 2.24) is 0 Å².